The third-order valence-corrected chi connectivity index (χ3v) is 4.01. The Kier molecular flexibility index (Phi) is 3.27. The molecule has 3 rings (SSSR count). The molecule has 1 N–H and O–H groups in total. The summed E-state index contributed by atoms with van der Waals surface area (Å²) in [7, 11) is 1.84. The van der Waals surface area contributed by atoms with Gasteiger partial charge >= 0.3 is 0 Å². The number of aryl methyl sites for hydroxylation is 2. The number of aromatic nitrogens is 4. The van der Waals surface area contributed by atoms with Gasteiger partial charge in [0.15, 0.2) is 0 Å². The first-order valence-electron chi connectivity index (χ1n) is 7.43. The maximum atomic E-state index is 12.0. The Balaban J connectivity index is 2.04. The Labute approximate surface area is 130 Å². The van der Waals surface area contributed by atoms with Crippen LogP contribution in [0.15, 0.2) is 12.4 Å². The second-order valence-electron chi connectivity index (χ2n) is 6.87. The molecule has 1 atom stereocenters. The van der Waals surface area contributed by atoms with Gasteiger partial charge in [0.1, 0.15) is 11.6 Å². The van der Waals surface area contributed by atoms with E-state index in [1.165, 1.54) is 0 Å². The Morgan fingerprint density at radius 2 is 1.91 bits per heavy atom. The highest BCUT2D eigenvalue weighted by Crippen LogP contribution is 2.38. The number of carbonyl (C=O) groups excluding carboxylic acids is 1. The summed E-state index contributed by atoms with van der Waals surface area (Å²) < 4.78 is 1.72. The Hall–Kier alpha value is -2.24. The molecular formula is C16H21N5O. The third-order valence-electron chi connectivity index (χ3n) is 4.01. The van der Waals surface area contributed by atoms with Gasteiger partial charge in [-0.25, -0.2) is 9.97 Å². The maximum Gasteiger partial charge on any atom is 0.226 e. The van der Waals surface area contributed by atoms with Crippen LogP contribution in [-0.4, -0.2) is 25.7 Å². The molecule has 0 bridgehead atoms. The number of amides is 1. The van der Waals surface area contributed by atoms with Gasteiger partial charge in [-0.2, -0.15) is 5.10 Å². The lowest BCUT2D eigenvalue weighted by Crippen LogP contribution is -2.25. The fraction of sp³-hybridized carbons (Fsp3) is 0.500. The second kappa shape index (κ2) is 4.90. The minimum Gasteiger partial charge on any atom is -0.311 e. The van der Waals surface area contributed by atoms with Crippen LogP contribution in [0.3, 0.4) is 0 Å². The van der Waals surface area contributed by atoms with Crippen LogP contribution < -0.4 is 5.32 Å². The van der Waals surface area contributed by atoms with Crippen LogP contribution >= 0.6 is 0 Å². The van der Waals surface area contributed by atoms with Gasteiger partial charge in [-0.05, 0) is 12.5 Å². The summed E-state index contributed by atoms with van der Waals surface area (Å²) in [6.07, 6.45) is 4.08. The lowest BCUT2D eigenvalue weighted by atomic mass is 9.87. The van der Waals surface area contributed by atoms with Crippen molar-refractivity contribution in [3.05, 3.63) is 35.0 Å². The molecule has 6 nitrogen and oxygen atoms in total. The number of anilines is 1. The van der Waals surface area contributed by atoms with Gasteiger partial charge in [-0.3, -0.25) is 9.48 Å². The molecule has 0 saturated heterocycles. The highest BCUT2D eigenvalue weighted by atomic mass is 16.1. The van der Waals surface area contributed by atoms with Crippen molar-refractivity contribution in [1.29, 1.82) is 0 Å². The largest absolute Gasteiger partial charge is 0.311 e. The van der Waals surface area contributed by atoms with Gasteiger partial charge in [0.05, 0.1) is 5.69 Å². The molecule has 116 valence electrons. The van der Waals surface area contributed by atoms with Crippen molar-refractivity contribution in [3.8, 4) is 0 Å². The van der Waals surface area contributed by atoms with E-state index < -0.39 is 0 Å². The SMILES string of the molecule is Cc1nn(C)c2c1C(c1cnc(C(C)(C)C)nc1)CC(=O)N2. The van der Waals surface area contributed by atoms with Crippen molar-refractivity contribution in [2.75, 3.05) is 5.32 Å². The molecular weight excluding hydrogens is 278 g/mol. The van der Waals surface area contributed by atoms with Crippen molar-refractivity contribution in [1.82, 2.24) is 19.7 Å². The standard InChI is InChI=1S/C16H21N5O/c1-9-13-11(6-12(22)19-14(13)21(5)20-9)10-7-17-15(18-8-10)16(2,3)4/h7-8,11H,6H2,1-5H3,(H,19,22). The van der Waals surface area contributed by atoms with Gasteiger partial charge in [-0.15, -0.1) is 0 Å². The third kappa shape index (κ3) is 2.38. The Bertz CT molecular complexity index is 724. The number of rotatable bonds is 1. The van der Waals surface area contributed by atoms with E-state index in [0.29, 0.717) is 6.42 Å². The highest BCUT2D eigenvalue weighted by Gasteiger charge is 2.32. The maximum absolute atomic E-state index is 12.0. The van der Waals surface area contributed by atoms with Crippen molar-refractivity contribution in [3.63, 3.8) is 0 Å². The minimum absolute atomic E-state index is 0.000368. The van der Waals surface area contributed by atoms with Crippen LogP contribution in [0.4, 0.5) is 5.82 Å². The van der Waals surface area contributed by atoms with Crippen LogP contribution in [0, 0.1) is 6.92 Å². The molecule has 0 aromatic carbocycles. The quantitative estimate of drug-likeness (QED) is 0.877. The molecule has 1 unspecified atom stereocenters. The molecule has 0 fully saturated rings. The monoisotopic (exact) mass is 299 g/mol. The van der Waals surface area contributed by atoms with Gasteiger partial charge in [-0.1, -0.05) is 20.8 Å². The molecule has 2 aromatic heterocycles. The van der Waals surface area contributed by atoms with Crippen molar-refractivity contribution < 1.29 is 4.79 Å². The van der Waals surface area contributed by atoms with E-state index in [2.05, 4.69) is 41.2 Å². The van der Waals surface area contributed by atoms with E-state index in [1.807, 2.05) is 26.4 Å². The van der Waals surface area contributed by atoms with E-state index in [9.17, 15) is 4.79 Å². The first kappa shape index (κ1) is 14.7. The van der Waals surface area contributed by atoms with Crippen molar-refractivity contribution in [2.45, 2.75) is 45.4 Å². The van der Waals surface area contributed by atoms with Gasteiger partial charge in [0.2, 0.25) is 5.91 Å². The summed E-state index contributed by atoms with van der Waals surface area (Å²) >= 11 is 0. The topological polar surface area (TPSA) is 72.7 Å². The summed E-state index contributed by atoms with van der Waals surface area (Å²) in [4.78, 5) is 21.0. The van der Waals surface area contributed by atoms with E-state index in [1.54, 1.807) is 4.68 Å². The van der Waals surface area contributed by atoms with E-state index in [0.717, 1.165) is 28.5 Å². The Morgan fingerprint density at radius 1 is 1.27 bits per heavy atom. The molecule has 0 saturated carbocycles. The van der Waals surface area contributed by atoms with E-state index >= 15 is 0 Å². The van der Waals surface area contributed by atoms with Gasteiger partial charge in [0.25, 0.3) is 0 Å². The van der Waals surface area contributed by atoms with Crippen molar-refractivity contribution in [2.24, 2.45) is 7.05 Å². The molecule has 2 aromatic rings. The minimum atomic E-state index is -0.0855. The zero-order chi connectivity index (χ0) is 16.1. The predicted octanol–water partition coefficient (Wildman–Crippen LogP) is 2.29. The smallest absolute Gasteiger partial charge is 0.226 e. The average molecular weight is 299 g/mol. The normalized spacial score (nSPS) is 18.0. The fourth-order valence-electron chi connectivity index (χ4n) is 2.90. The molecule has 0 radical (unpaired) electrons. The van der Waals surface area contributed by atoms with Crippen molar-refractivity contribution >= 4 is 11.7 Å². The summed E-state index contributed by atoms with van der Waals surface area (Å²) in [5, 5.41) is 7.33. The molecule has 0 aliphatic carbocycles. The lowest BCUT2D eigenvalue weighted by molar-refractivity contribution is -0.116. The number of hydrogen-bond donors (Lipinski definition) is 1. The molecule has 1 amide bonds. The van der Waals surface area contributed by atoms with Crippen LogP contribution in [0.25, 0.3) is 0 Å². The summed E-state index contributed by atoms with van der Waals surface area (Å²) in [6, 6.07) is 0. The number of nitrogens with zero attached hydrogens (tertiary/aromatic N) is 4. The highest BCUT2D eigenvalue weighted by molar-refractivity contribution is 5.94. The van der Waals surface area contributed by atoms with Crippen LogP contribution in [0.2, 0.25) is 0 Å². The lowest BCUT2D eigenvalue weighted by Gasteiger charge is -2.24. The molecule has 1 aliphatic rings. The zero-order valence-electron chi connectivity index (χ0n) is 13.6. The molecule has 6 heteroatoms. The average Bonchev–Trinajstić information content (AvgIpc) is 2.72. The first-order valence-corrected chi connectivity index (χ1v) is 7.43. The first-order chi connectivity index (χ1) is 10.3. The predicted molar refractivity (Wildman–Crippen MR) is 83.8 cm³/mol. The van der Waals surface area contributed by atoms with E-state index in [-0.39, 0.29) is 17.2 Å². The number of carbonyl (C=O) groups is 1. The number of hydrogen-bond acceptors (Lipinski definition) is 4. The van der Waals surface area contributed by atoms with E-state index in [4.69, 9.17) is 0 Å². The van der Waals surface area contributed by atoms with Crippen LogP contribution in [-0.2, 0) is 17.3 Å². The number of fused-ring (bicyclic) bond motifs is 1. The molecule has 3 heterocycles. The molecule has 1 aliphatic heterocycles. The Morgan fingerprint density at radius 3 is 2.50 bits per heavy atom. The van der Waals surface area contributed by atoms with Gasteiger partial charge < -0.3 is 5.32 Å². The summed E-state index contributed by atoms with van der Waals surface area (Å²) in [6.45, 7) is 8.21. The summed E-state index contributed by atoms with van der Waals surface area (Å²) in [5.41, 5.74) is 2.87. The molecule has 0 spiro atoms. The number of nitrogens with one attached hydrogen (secondary N) is 1. The van der Waals surface area contributed by atoms with Crippen LogP contribution in [0.1, 0.15) is 55.8 Å². The van der Waals surface area contributed by atoms with Crippen LogP contribution in [0.5, 0.6) is 0 Å². The summed E-state index contributed by atoms with van der Waals surface area (Å²) in [5.74, 6) is 1.55. The molecule has 22 heavy (non-hydrogen) atoms. The zero-order valence-corrected chi connectivity index (χ0v) is 13.6. The second-order valence-corrected chi connectivity index (χ2v) is 6.87. The van der Waals surface area contributed by atoms with Gasteiger partial charge in [0, 0.05) is 42.8 Å². The fourth-order valence-corrected chi connectivity index (χ4v) is 2.90.